The summed E-state index contributed by atoms with van der Waals surface area (Å²) in [5.41, 5.74) is 2.38. The Balaban J connectivity index is 2.25. The monoisotopic (exact) mass is 298 g/mol. The predicted octanol–water partition coefficient (Wildman–Crippen LogP) is 2.55. The second-order valence-electron chi connectivity index (χ2n) is 3.82. The lowest BCUT2D eigenvalue weighted by atomic mass is 10.2. The van der Waals surface area contributed by atoms with Crippen molar-refractivity contribution in [1.29, 1.82) is 0 Å². The molecule has 5 nitrogen and oxygen atoms in total. The zero-order valence-corrected chi connectivity index (χ0v) is 10.7. The van der Waals surface area contributed by atoms with Gasteiger partial charge in [0.25, 0.3) is 5.91 Å². The summed E-state index contributed by atoms with van der Waals surface area (Å²) in [5.74, 6) is 3.18. The van der Waals surface area contributed by atoms with Crippen LogP contribution in [0, 0.1) is 11.6 Å². The Hall–Kier alpha value is -2.25. The van der Waals surface area contributed by atoms with Gasteiger partial charge < -0.3 is 10.7 Å². The van der Waals surface area contributed by atoms with Gasteiger partial charge in [-0.05, 0) is 24.3 Å². The predicted molar refractivity (Wildman–Crippen MR) is 71.4 cm³/mol. The molecule has 104 valence electrons. The number of aromatic nitrogens is 1. The maximum Gasteiger partial charge on any atom is 0.255 e. The van der Waals surface area contributed by atoms with E-state index in [4.69, 9.17) is 17.4 Å². The molecule has 0 bridgehead atoms. The lowest BCUT2D eigenvalue weighted by Gasteiger charge is -2.07. The summed E-state index contributed by atoms with van der Waals surface area (Å²) < 4.78 is 26.0. The van der Waals surface area contributed by atoms with Crippen LogP contribution in [0.1, 0.15) is 10.4 Å². The average molecular weight is 299 g/mol. The molecule has 1 aromatic carbocycles. The molecule has 4 N–H and O–H groups in total. The zero-order valence-electron chi connectivity index (χ0n) is 9.95. The van der Waals surface area contributed by atoms with Crippen molar-refractivity contribution in [2.45, 2.75) is 0 Å². The molecule has 1 heterocycles. The first-order valence-electron chi connectivity index (χ1n) is 5.39. The molecule has 0 saturated carbocycles. The molecule has 1 aromatic heterocycles. The molecule has 8 heteroatoms. The first-order valence-corrected chi connectivity index (χ1v) is 5.77. The third-order valence-corrected chi connectivity index (χ3v) is 2.52. The summed E-state index contributed by atoms with van der Waals surface area (Å²) in [7, 11) is 0. The quantitative estimate of drug-likeness (QED) is 0.462. The number of carbonyl (C=O) groups is 1. The van der Waals surface area contributed by atoms with E-state index in [0.29, 0.717) is 6.07 Å². The van der Waals surface area contributed by atoms with E-state index in [0.717, 1.165) is 12.1 Å². The number of hydrazine groups is 1. The highest BCUT2D eigenvalue weighted by Gasteiger charge is 2.10. The highest BCUT2D eigenvalue weighted by atomic mass is 35.5. The van der Waals surface area contributed by atoms with Crippen LogP contribution in [0.15, 0.2) is 30.3 Å². The van der Waals surface area contributed by atoms with Gasteiger partial charge >= 0.3 is 0 Å². The van der Waals surface area contributed by atoms with Crippen LogP contribution in [0.25, 0.3) is 0 Å². The lowest BCUT2D eigenvalue weighted by Crippen LogP contribution is -2.15. The van der Waals surface area contributed by atoms with Gasteiger partial charge in [-0.1, -0.05) is 11.6 Å². The third-order valence-electron chi connectivity index (χ3n) is 2.32. The first kappa shape index (κ1) is 14.2. The number of hydrogen-bond donors (Lipinski definition) is 3. The molecule has 0 aliphatic carbocycles. The maximum absolute atomic E-state index is 13.0. The number of anilines is 2. The lowest BCUT2D eigenvalue weighted by molar-refractivity contribution is 0.102. The minimum Gasteiger partial charge on any atom is -0.322 e. The number of benzene rings is 1. The Labute approximate surface area is 117 Å². The van der Waals surface area contributed by atoms with Gasteiger partial charge in [-0.2, -0.15) is 0 Å². The molecule has 0 saturated heterocycles. The third kappa shape index (κ3) is 3.40. The van der Waals surface area contributed by atoms with Crippen LogP contribution in [-0.2, 0) is 0 Å². The number of hydrogen-bond acceptors (Lipinski definition) is 4. The van der Waals surface area contributed by atoms with E-state index in [1.54, 1.807) is 0 Å². The molecule has 1 amide bonds. The standard InChI is InChI=1S/C12H9ClF2N4O/c13-10-1-6(2-11(18-10)19-16)12(20)17-9-4-7(14)3-8(15)5-9/h1-5H,16H2,(H,17,20)(H,18,19). The van der Waals surface area contributed by atoms with Gasteiger partial charge in [0, 0.05) is 17.3 Å². The molecule has 0 aliphatic rings. The normalized spacial score (nSPS) is 10.2. The number of amides is 1. The number of rotatable bonds is 3. The minimum atomic E-state index is -0.794. The maximum atomic E-state index is 13.0. The Kier molecular flexibility index (Phi) is 4.11. The molecule has 2 aromatic rings. The second kappa shape index (κ2) is 5.81. The van der Waals surface area contributed by atoms with E-state index >= 15 is 0 Å². The van der Waals surface area contributed by atoms with Crippen molar-refractivity contribution >= 4 is 29.0 Å². The molecular formula is C12H9ClF2N4O. The fourth-order valence-corrected chi connectivity index (χ4v) is 1.74. The number of halogens is 3. The van der Waals surface area contributed by atoms with E-state index in [-0.39, 0.29) is 22.2 Å². The SMILES string of the molecule is NNc1cc(C(=O)Nc2cc(F)cc(F)c2)cc(Cl)n1. The van der Waals surface area contributed by atoms with E-state index in [1.807, 2.05) is 0 Å². The second-order valence-corrected chi connectivity index (χ2v) is 4.21. The van der Waals surface area contributed by atoms with E-state index < -0.39 is 17.5 Å². The zero-order chi connectivity index (χ0) is 14.7. The van der Waals surface area contributed by atoms with Crippen LogP contribution in [0.2, 0.25) is 5.15 Å². The van der Waals surface area contributed by atoms with Gasteiger partial charge in [-0.3, -0.25) is 4.79 Å². The number of nitrogens with two attached hydrogens (primary N) is 1. The highest BCUT2D eigenvalue weighted by Crippen LogP contribution is 2.17. The van der Waals surface area contributed by atoms with Crippen molar-refractivity contribution in [2.24, 2.45) is 5.84 Å². The van der Waals surface area contributed by atoms with Crippen LogP contribution < -0.4 is 16.6 Å². The average Bonchev–Trinajstić information content (AvgIpc) is 2.36. The number of nitrogens with zero attached hydrogens (tertiary/aromatic N) is 1. The van der Waals surface area contributed by atoms with E-state index in [1.165, 1.54) is 12.1 Å². The molecule has 0 atom stereocenters. The van der Waals surface area contributed by atoms with Crippen LogP contribution in [-0.4, -0.2) is 10.9 Å². The largest absolute Gasteiger partial charge is 0.322 e. The molecule has 0 unspecified atom stereocenters. The molecule has 0 aliphatic heterocycles. The van der Waals surface area contributed by atoms with E-state index in [9.17, 15) is 13.6 Å². The van der Waals surface area contributed by atoms with Gasteiger partial charge in [0.05, 0.1) is 0 Å². The van der Waals surface area contributed by atoms with Crippen LogP contribution in [0.5, 0.6) is 0 Å². The molecule has 20 heavy (non-hydrogen) atoms. The number of pyridine rings is 1. The van der Waals surface area contributed by atoms with Crippen molar-refractivity contribution < 1.29 is 13.6 Å². The van der Waals surface area contributed by atoms with Gasteiger partial charge in [-0.15, -0.1) is 0 Å². The van der Waals surface area contributed by atoms with Crippen molar-refractivity contribution in [1.82, 2.24) is 4.98 Å². The number of nitrogen functional groups attached to an aromatic ring is 1. The van der Waals surface area contributed by atoms with Gasteiger partial charge in [0.2, 0.25) is 0 Å². The van der Waals surface area contributed by atoms with E-state index in [2.05, 4.69) is 15.7 Å². The summed E-state index contributed by atoms with van der Waals surface area (Å²) in [6.07, 6.45) is 0. The minimum absolute atomic E-state index is 0.0114. The van der Waals surface area contributed by atoms with Crippen molar-refractivity contribution in [3.63, 3.8) is 0 Å². The molecule has 2 rings (SSSR count). The van der Waals surface area contributed by atoms with Gasteiger partial charge in [0.15, 0.2) is 0 Å². The Morgan fingerprint density at radius 2 is 1.80 bits per heavy atom. The van der Waals surface area contributed by atoms with Crippen molar-refractivity contribution in [3.05, 3.63) is 52.7 Å². The summed E-state index contributed by atoms with van der Waals surface area (Å²) in [6, 6.07) is 5.33. The molecular weight excluding hydrogens is 290 g/mol. The summed E-state index contributed by atoms with van der Waals surface area (Å²) in [5, 5.41) is 2.40. The molecule has 0 spiro atoms. The Bertz CT molecular complexity index is 646. The van der Waals surface area contributed by atoms with Gasteiger partial charge in [-0.25, -0.2) is 19.6 Å². The first-order chi connectivity index (χ1) is 9.47. The van der Waals surface area contributed by atoms with Crippen LogP contribution in [0.4, 0.5) is 20.3 Å². The molecule has 0 radical (unpaired) electrons. The fourth-order valence-electron chi connectivity index (χ4n) is 1.53. The number of carbonyl (C=O) groups excluding carboxylic acids is 1. The van der Waals surface area contributed by atoms with Gasteiger partial charge in [0.1, 0.15) is 22.6 Å². The Morgan fingerprint density at radius 1 is 1.15 bits per heavy atom. The summed E-state index contributed by atoms with van der Waals surface area (Å²) in [4.78, 5) is 15.7. The smallest absolute Gasteiger partial charge is 0.255 e. The fraction of sp³-hybridized carbons (Fsp3) is 0. The van der Waals surface area contributed by atoms with Crippen LogP contribution >= 0.6 is 11.6 Å². The number of nitrogens with one attached hydrogen (secondary N) is 2. The summed E-state index contributed by atoms with van der Waals surface area (Å²) in [6.45, 7) is 0. The Morgan fingerprint density at radius 3 is 2.40 bits per heavy atom. The molecule has 0 fully saturated rings. The van der Waals surface area contributed by atoms with Crippen molar-refractivity contribution in [2.75, 3.05) is 10.7 Å². The topological polar surface area (TPSA) is 80.0 Å². The highest BCUT2D eigenvalue weighted by molar-refractivity contribution is 6.30. The summed E-state index contributed by atoms with van der Waals surface area (Å²) >= 11 is 5.72. The van der Waals surface area contributed by atoms with Crippen LogP contribution in [0.3, 0.4) is 0 Å². The van der Waals surface area contributed by atoms with Crippen molar-refractivity contribution in [3.8, 4) is 0 Å².